The molecule has 0 radical (unpaired) electrons. The number of aryl methyl sites for hydroxylation is 1. The molecule has 0 saturated carbocycles. The lowest BCUT2D eigenvalue weighted by Crippen LogP contribution is -2.38. The average molecular weight is 444 g/mol. The number of nitrogens with zero attached hydrogens (tertiary/aromatic N) is 5. The maximum Gasteiger partial charge on any atom is 0.332 e. The molecule has 0 spiro atoms. The van der Waals surface area contributed by atoms with Crippen LogP contribution in [0.25, 0.3) is 11.2 Å². The number of imidazole rings is 1. The van der Waals surface area contributed by atoms with Crippen molar-refractivity contribution in [3.05, 3.63) is 50.4 Å². The number of hydrogen-bond donors (Lipinski definition) is 0. The zero-order valence-electron chi connectivity index (χ0n) is 19.8. The van der Waals surface area contributed by atoms with Gasteiger partial charge in [-0.15, -0.1) is 0 Å². The number of fused-ring (bicyclic) bond motifs is 1. The third-order valence-electron chi connectivity index (χ3n) is 5.85. The van der Waals surface area contributed by atoms with E-state index >= 15 is 0 Å². The Kier molecular flexibility index (Phi) is 7.40. The average Bonchev–Trinajstić information content (AvgIpc) is 3.16. The van der Waals surface area contributed by atoms with Gasteiger partial charge < -0.3 is 18.9 Å². The van der Waals surface area contributed by atoms with E-state index in [1.807, 2.05) is 29.7 Å². The second kappa shape index (κ2) is 10.0. The van der Waals surface area contributed by atoms with Crippen molar-refractivity contribution in [1.82, 2.24) is 23.6 Å². The van der Waals surface area contributed by atoms with Gasteiger partial charge in [-0.2, -0.15) is 0 Å². The molecule has 1 aromatic carbocycles. The minimum atomic E-state index is -0.384. The van der Waals surface area contributed by atoms with Gasteiger partial charge >= 0.3 is 5.69 Å². The van der Waals surface area contributed by atoms with E-state index in [-0.39, 0.29) is 11.2 Å². The molecule has 9 nitrogen and oxygen atoms in total. The number of rotatable bonds is 10. The van der Waals surface area contributed by atoms with E-state index in [1.54, 1.807) is 14.2 Å². The Morgan fingerprint density at radius 1 is 1.03 bits per heavy atom. The summed E-state index contributed by atoms with van der Waals surface area (Å²) >= 11 is 0. The van der Waals surface area contributed by atoms with Gasteiger partial charge in [0.15, 0.2) is 22.7 Å². The first-order chi connectivity index (χ1) is 15.4. The number of aromatic nitrogens is 4. The number of methoxy groups -OCH3 is 1. The van der Waals surface area contributed by atoms with Crippen LogP contribution in [0.1, 0.15) is 32.2 Å². The molecule has 9 heteroatoms. The van der Waals surface area contributed by atoms with Crippen LogP contribution in [0, 0.1) is 0 Å². The molecule has 2 heterocycles. The smallest absolute Gasteiger partial charge is 0.332 e. The van der Waals surface area contributed by atoms with E-state index in [2.05, 4.69) is 18.7 Å². The van der Waals surface area contributed by atoms with Gasteiger partial charge in [0.25, 0.3) is 5.56 Å². The molecule has 3 rings (SSSR count). The van der Waals surface area contributed by atoms with Gasteiger partial charge in [-0.3, -0.25) is 13.9 Å². The Morgan fingerprint density at radius 3 is 2.38 bits per heavy atom. The molecule has 0 unspecified atom stereocenters. The van der Waals surface area contributed by atoms with Crippen molar-refractivity contribution < 1.29 is 9.47 Å². The summed E-state index contributed by atoms with van der Waals surface area (Å²) in [5, 5.41) is 0. The highest BCUT2D eigenvalue weighted by Crippen LogP contribution is 2.29. The fraction of sp³-hybridized carbons (Fsp3) is 0.522. The van der Waals surface area contributed by atoms with E-state index in [1.165, 1.54) is 11.6 Å². The molecule has 0 aliphatic heterocycles. The molecule has 0 saturated heterocycles. The summed E-state index contributed by atoms with van der Waals surface area (Å²) in [6.07, 6.45) is 0.493. The third kappa shape index (κ3) is 4.43. The van der Waals surface area contributed by atoms with Crippen LogP contribution in [0.2, 0.25) is 0 Å². The molecule has 174 valence electrons. The van der Waals surface area contributed by atoms with E-state index in [0.29, 0.717) is 42.2 Å². The van der Waals surface area contributed by atoms with E-state index in [0.717, 1.165) is 35.6 Å². The first-order valence-corrected chi connectivity index (χ1v) is 11.0. The first-order valence-electron chi connectivity index (χ1n) is 11.0. The number of benzene rings is 1. The van der Waals surface area contributed by atoms with E-state index in [9.17, 15) is 9.59 Å². The van der Waals surface area contributed by atoms with Crippen LogP contribution in [0.15, 0.2) is 27.8 Å². The predicted molar refractivity (Wildman–Crippen MR) is 125 cm³/mol. The Hall–Kier alpha value is -3.07. The summed E-state index contributed by atoms with van der Waals surface area (Å²) in [5.74, 6) is 2.07. The minimum Gasteiger partial charge on any atom is -0.493 e. The highest BCUT2D eigenvalue weighted by molar-refractivity contribution is 5.71. The van der Waals surface area contributed by atoms with Crippen molar-refractivity contribution in [1.29, 1.82) is 0 Å². The second-order valence-electron chi connectivity index (χ2n) is 7.68. The van der Waals surface area contributed by atoms with Gasteiger partial charge in [-0.05, 0) is 37.7 Å². The maximum absolute atomic E-state index is 13.0. The molecule has 0 aliphatic carbocycles. The van der Waals surface area contributed by atoms with Crippen LogP contribution in [0.4, 0.5) is 0 Å². The number of hydrogen-bond acceptors (Lipinski definition) is 6. The van der Waals surface area contributed by atoms with Gasteiger partial charge in [0.1, 0.15) is 5.82 Å². The summed E-state index contributed by atoms with van der Waals surface area (Å²) in [5.41, 5.74) is 1.13. The molecule has 0 aliphatic rings. The Balaban J connectivity index is 2.12. The lowest BCUT2D eigenvalue weighted by atomic mass is 10.1. The maximum atomic E-state index is 13.0. The van der Waals surface area contributed by atoms with Crippen molar-refractivity contribution in [2.75, 3.05) is 33.4 Å². The standard InChI is InChI=1S/C23H33N5O4/c1-7-27(8-2)12-13-28-19(15-16-10-11-17(32-9-3)18(14-16)31-6)24-21-20(28)22(29)26(5)23(30)25(21)4/h10-11,14H,7-9,12-13,15H2,1-6H3. The second-order valence-corrected chi connectivity index (χ2v) is 7.68. The third-order valence-corrected chi connectivity index (χ3v) is 5.85. The van der Waals surface area contributed by atoms with Crippen LogP contribution >= 0.6 is 0 Å². The molecule has 0 fully saturated rings. The minimum absolute atomic E-state index is 0.328. The van der Waals surface area contributed by atoms with Crippen LogP contribution in [-0.2, 0) is 27.1 Å². The largest absolute Gasteiger partial charge is 0.493 e. The van der Waals surface area contributed by atoms with Gasteiger partial charge in [0.05, 0.1) is 13.7 Å². The molecule has 3 aromatic rings. The van der Waals surface area contributed by atoms with Crippen LogP contribution < -0.4 is 20.7 Å². The predicted octanol–water partition coefficient (Wildman–Crippen LogP) is 1.77. The number of ether oxygens (including phenoxy) is 2. The van der Waals surface area contributed by atoms with Gasteiger partial charge in [-0.25, -0.2) is 9.78 Å². The molecule has 0 amide bonds. The van der Waals surface area contributed by atoms with Crippen LogP contribution in [0.5, 0.6) is 11.5 Å². The normalized spacial score (nSPS) is 11.5. The van der Waals surface area contributed by atoms with E-state index < -0.39 is 0 Å². The molecular weight excluding hydrogens is 410 g/mol. The number of likely N-dealkylation sites (N-methyl/N-ethyl adjacent to an activating group) is 1. The quantitative estimate of drug-likeness (QED) is 0.475. The summed E-state index contributed by atoms with van der Waals surface area (Å²) in [6.45, 7) is 9.94. The van der Waals surface area contributed by atoms with Crippen molar-refractivity contribution in [2.24, 2.45) is 14.1 Å². The molecule has 0 bridgehead atoms. The first kappa shape index (κ1) is 23.6. The van der Waals surface area contributed by atoms with E-state index in [4.69, 9.17) is 14.5 Å². The molecular formula is C23H33N5O4. The molecule has 0 N–H and O–H groups in total. The monoisotopic (exact) mass is 443 g/mol. The lowest BCUT2D eigenvalue weighted by molar-refractivity contribution is 0.290. The van der Waals surface area contributed by atoms with Crippen LogP contribution in [0.3, 0.4) is 0 Å². The Labute approximate surface area is 187 Å². The fourth-order valence-corrected chi connectivity index (χ4v) is 3.93. The molecule has 2 aromatic heterocycles. The van der Waals surface area contributed by atoms with Crippen molar-refractivity contribution >= 4 is 11.2 Å². The van der Waals surface area contributed by atoms with Gasteiger partial charge in [0.2, 0.25) is 0 Å². The topological polar surface area (TPSA) is 83.5 Å². The highest BCUT2D eigenvalue weighted by atomic mass is 16.5. The van der Waals surface area contributed by atoms with Gasteiger partial charge in [-0.1, -0.05) is 19.9 Å². The highest BCUT2D eigenvalue weighted by Gasteiger charge is 2.20. The summed E-state index contributed by atoms with van der Waals surface area (Å²) in [6, 6.07) is 5.78. The lowest BCUT2D eigenvalue weighted by Gasteiger charge is -2.19. The van der Waals surface area contributed by atoms with Crippen molar-refractivity contribution in [2.45, 2.75) is 33.7 Å². The summed E-state index contributed by atoms with van der Waals surface area (Å²) in [7, 11) is 4.76. The Bertz CT molecular complexity index is 1200. The SMILES string of the molecule is CCOc1ccc(Cc2nc3c(c(=O)n(C)c(=O)n3C)n2CCN(CC)CC)cc1OC. The summed E-state index contributed by atoms with van der Waals surface area (Å²) < 4.78 is 15.6. The van der Waals surface area contributed by atoms with Crippen molar-refractivity contribution in [3.8, 4) is 11.5 Å². The zero-order chi connectivity index (χ0) is 23.4. The molecule has 0 atom stereocenters. The van der Waals surface area contributed by atoms with Crippen LogP contribution in [-0.4, -0.2) is 56.9 Å². The van der Waals surface area contributed by atoms with Gasteiger partial charge in [0, 0.05) is 33.6 Å². The fourth-order valence-electron chi connectivity index (χ4n) is 3.93. The Morgan fingerprint density at radius 2 is 1.75 bits per heavy atom. The van der Waals surface area contributed by atoms with Crippen molar-refractivity contribution in [3.63, 3.8) is 0 Å². The molecule has 32 heavy (non-hydrogen) atoms. The summed E-state index contributed by atoms with van der Waals surface area (Å²) in [4.78, 5) is 32.5. The zero-order valence-corrected chi connectivity index (χ0v) is 19.8.